The van der Waals surface area contributed by atoms with Gasteiger partial charge in [-0.25, -0.2) is 0 Å². The number of anilines is 1. The van der Waals surface area contributed by atoms with Gasteiger partial charge in [0.25, 0.3) is 0 Å². The van der Waals surface area contributed by atoms with E-state index in [-0.39, 0.29) is 17.3 Å². The van der Waals surface area contributed by atoms with Crippen LogP contribution >= 0.6 is 11.6 Å². The van der Waals surface area contributed by atoms with Crippen LogP contribution < -0.4 is 14.8 Å². The molecule has 1 aliphatic heterocycles. The summed E-state index contributed by atoms with van der Waals surface area (Å²) in [5.41, 5.74) is 0.428. The SMILES string of the molecule is CC(=O)[As]C(C(=O)Nc1ccccc1OCC(O)CN1CCC(Oc2ccc(Cl)cc2)C1)C(C)O. The van der Waals surface area contributed by atoms with Gasteiger partial charge in [-0.1, -0.05) is 11.6 Å². The number of likely N-dealkylation sites (tertiary alicyclic amines) is 1. The molecule has 1 amide bonds. The second kappa shape index (κ2) is 13.3. The van der Waals surface area contributed by atoms with E-state index in [0.29, 0.717) is 29.5 Å². The zero-order chi connectivity index (χ0) is 25.4. The van der Waals surface area contributed by atoms with E-state index in [1.165, 1.54) is 13.8 Å². The summed E-state index contributed by atoms with van der Waals surface area (Å²) in [6.07, 6.45) is -0.764. The molecule has 0 bridgehead atoms. The van der Waals surface area contributed by atoms with Crippen LogP contribution in [0.5, 0.6) is 11.5 Å². The molecule has 35 heavy (non-hydrogen) atoms. The van der Waals surface area contributed by atoms with Crippen LogP contribution in [0, 0.1) is 0 Å². The van der Waals surface area contributed by atoms with Gasteiger partial charge in [0.1, 0.15) is 5.75 Å². The number of amides is 1. The molecule has 1 fully saturated rings. The average molecular weight is 566 g/mol. The Morgan fingerprint density at radius 3 is 2.60 bits per heavy atom. The van der Waals surface area contributed by atoms with Crippen LogP contribution in [0.2, 0.25) is 9.73 Å². The molecule has 1 radical (unpaired) electrons. The molecule has 0 aliphatic carbocycles. The number of aliphatic hydroxyl groups is 2. The number of carbonyl (C=O) groups is 2. The third-order valence-electron chi connectivity index (χ3n) is 5.44. The number of hydrogen-bond donors (Lipinski definition) is 3. The van der Waals surface area contributed by atoms with E-state index < -0.39 is 38.6 Å². The van der Waals surface area contributed by atoms with Crippen LogP contribution in [0.25, 0.3) is 0 Å². The summed E-state index contributed by atoms with van der Waals surface area (Å²) in [7, 11) is 0. The van der Waals surface area contributed by atoms with Crippen molar-refractivity contribution < 1.29 is 29.3 Å². The maximum absolute atomic E-state index is 12.7. The van der Waals surface area contributed by atoms with Gasteiger partial charge in [-0.05, 0) is 24.3 Å². The fourth-order valence-electron chi connectivity index (χ4n) is 3.79. The summed E-state index contributed by atoms with van der Waals surface area (Å²) < 4.78 is 11.0. The van der Waals surface area contributed by atoms with Crippen molar-refractivity contribution in [2.45, 2.75) is 43.3 Å². The first kappa shape index (κ1) is 27.5. The number of β-amino-alcohol motifs (C(OH)–C–C–N with tert-alkyl or cyclic N) is 1. The van der Waals surface area contributed by atoms with Gasteiger partial charge in [0.15, 0.2) is 0 Å². The predicted octanol–water partition coefficient (Wildman–Crippen LogP) is 2.59. The van der Waals surface area contributed by atoms with Crippen molar-refractivity contribution in [3.8, 4) is 11.5 Å². The van der Waals surface area contributed by atoms with E-state index in [2.05, 4.69) is 10.2 Å². The van der Waals surface area contributed by atoms with Crippen LogP contribution in [0.4, 0.5) is 5.69 Å². The maximum atomic E-state index is 12.7. The third kappa shape index (κ3) is 8.81. The number of halogens is 1. The molecular formula is C25H31AsClN2O6. The summed E-state index contributed by atoms with van der Waals surface area (Å²) in [5, 5.41) is 23.9. The van der Waals surface area contributed by atoms with E-state index in [1.54, 1.807) is 36.4 Å². The van der Waals surface area contributed by atoms with Gasteiger partial charge in [-0.2, -0.15) is 0 Å². The number of aliphatic hydroxyl groups excluding tert-OH is 2. The van der Waals surface area contributed by atoms with Crippen molar-refractivity contribution in [3.63, 3.8) is 0 Å². The molecule has 4 atom stereocenters. The number of ether oxygens (including phenoxy) is 2. The van der Waals surface area contributed by atoms with Crippen LogP contribution in [0.1, 0.15) is 20.3 Å². The summed E-state index contributed by atoms with van der Waals surface area (Å²) >= 11 is 4.93. The van der Waals surface area contributed by atoms with Crippen molar-refractivity contribution in [3.05, 3.63) is 53.6 Å². The summed E-state index contributed by atoms with van der Waals surface area (Å²) in [4.78, 5) is 26.3. The number of benzene rings is 2. The Balaban J connectivity index is 1.48. The van der Waals surface area contributed by atoms with Gasteiger partial charge in [0.2, 0.25) is 0 Å². The summed E-state index contributed by atoms with van der Waals surface area (Å²) in [5.74, 6) is 0.760. The quantitative estimate of drug-likeness (QED) is 0.340. The zero-order valence-electron chi connectivity index (χ0n) is 19.8. The van der Waals surface area contributed by atoms with Gasteiger partial charge >= 0.3 is 166 Å². The van der Waals surface area contributed by atoms with E-state index in [1.807, 2.05) is 12.1 Å². The molecule has 0 saturated carbocycles. The Kier molecular flexibility index (Phi) is 10.4. The zero-order valence-corrected chi connectivity index (χ0v) is 22.4. The van der Waals surface area contributed by atoms with Gasteiger partial charge < -0.3 is 4.74 Å². The van der Waals surface area contributed by atoms with Crippen LogP contribution in [-0.2, 0) is 9.59 Å². The molecule has 1 heterocycles. The van der Waals surface area contributed by atoms with Gasteiger partial charge in [0, 0.05) is 5.02 Å². The van der Waals surface area contributed by atoms with Gasteiger partial charge in [-0.15, -0.1) is 0 Å². The summed E-state index contributed by atoms with van der Waals surface area (Å²) in [6, 6.07) is 14.2. The number of para-hydroxylation sites is 2. The van der Waals surface area contributed by atoms with Gasteiger partial charge in [-0.3, -0.25) is 0 Å². The molecule has 1 aliphatic rings. The first-order chi connectivity index (χ1) is 16.7. The minimum absolute atomic E-state index is 0.0412. The number of hydrogen-bond acceptors (Lipinski definition) is 7. The van der Waals surface area contributed by atoms with Crippen LogP contribution in [0.3, 0.4) is 0 Å². The van der Waals surface area contributed by atoms with Crippen LogP contribution in [-0.4, -0.2) is 85.9 Å². The fourth-order valence-corrected chi connectivity index (χ4v) is 5.57. The molecule has 3 N–H and O–H groups in total. The van der Waals surface area contributed by atoms with E-state index in [0.717, 1.165) is 18.7 Å². The Bertz CT molecular complexity index is 990. The molecule has 4 unspecified atom stereocenters. The molecule has 2 aromatic rings. The van der Waals surface area contributed by atoms with Crippen molar-refractivity contribution in [1.82, 2.24) is 4.90 Å². The normalized spacial score (nSPS) is 18.8. The van der Waals surface area contributed by atoms with E-state index >= 15 is 0 Å². The van der Waals surface area contributed by atoms with E-state index in [4.69, 9.17) is 21.1 Å². The molecule has 189 valence electrons. The molecular weight excluding hydrogens is 535 g/mol. The number of nitrogens with one attached hydrogen (secondary N) is 1. The van der Waals surface area contributed by atoms with Crippen LogP contribution in [0.15, 0.2) is 48.5 Å². The molecule has 0 spiro atoms. The topological polar surface area (TPSA) is 108 Å². The van der Waals surface area contributed by atoms with Crippen molar-refractivity contribution >= 4 is 43.5 Å². The standard InChI is InChI=1S/C25H31AsClN2O6/c1-16(30)24(26-17(2)31)25(33)28-22-5-3-4-6-23(22)34-15-19(32)13-29-12-11-21(14-29)35-20-9-7-18(27)8-10-20/h3-10,16,19,21,24,30,32H,11-15H2,1-2H3,(H,28,33). The Hall–Kier alpha value is -2.09. The first-order valence-corrected chi connectivity index (χ1v) is 13.9. The number of nitrogens with zero attached hydrogens (tertiary/aromatic N) is 1. The molecule has 8 nitrogen and oxygen atoms in total. The number of carbonyl (C=O) groups excluding carboxylic acids is 2. The van der Waals surface area contributed by atoms with Crippen molar-refractivity contribution in [2.24, 2.45) is 0 Å². The molecule has 3 rings (SSSR count). The molecule has 0 aromatic heterocycles. The van der Waals surface area contributed by atoms with Crippen molar-refractivity contribution in [2.75, 3.05) is 31.6 Å². The molecule has 2 aromatic carbocycles. The second-order valence-electron chi connectivity index (χ2n) is 8.53. The first-order valence-electron chi connectivity index (χ1n) is 11.5. The van der Waals surface area contributed by atoms with Crippen molar-refractivity contribution in [1.29, 1.82) is 0 Å². The predicted molar refractivity (Wildman–Crippen MR) is 135 cm³/mol. The summed E-state index contributed by atoms with van der Waals surface area (Å²) in [6.45, 7) is 4.92. The molecule has 10 heteroatoms. The fraction of sp³-hybridized carbons (Fsp3) is 0.440. The second-order valence-corrected chi connectivity index (χ2v) is 12.0. The number of rotatable bonds is 12. The van der Waals surface area contributed by atoms with Gasteiger partial charge in [0.05, 0.1) is 0 Å². The minimum atomic E-state index is -0.981. The van der Waals surface area contributed by atoms with E-state index in [9.17, 15) is 19.8 Å². The third-order valence-corrected chi connectivity index (χ3v) is 8.43. The molecule has 1 saturated heterocycles. The Morgan fingerprint density at radius 1 is 1.20 bits per heavy atom. The Labute approximate surface area is 217 Å². The monoisotopic (exact) mass is 565 g/mol. The Morgan fingerprint density at radius 2 is 1.91 bits per heavy atom. The average Bonchev–Trinajstić information content (AvgIpc) is 3.24.